The highest BCUT2D eigenvalue weighted by Gasteiger charge is 2.22. The Morgan fingerprint density at radius 2 is 1.57 bits per heavy atom. The number of hydrogen-bond acceptors (Lipinski definition) is 6. The lowest BCUT2D eigenvalue weighted by Crippen LogP contribution is -2.33. The zero-order chi connectivity index (χ0) is 25.4. The van der Waals surface area contributed by atoms with Crippen molar-refractivity contribution in [2.75, 3.05) is 30.3 Å². The van der Waals surface area contributed by atoms with Gasteiger partial charge in [-0.2, -0.15) is 0 Å². The minimum absolute atomic E-state index is 0.0592. The maximum atomic E-state index is 13.0. The molecule has 10 heteroatoms. The number of methoxy groups -OCH3 is 1. The topological polar surface area (TPSA) is 123 Å². The van der Waals surface area contributed by atoms with Crippen LogP contribution in [0.3, 0.4) is 0 Å². The molecule has 184 valence electrons. The molecule has 3 aromatic carbocycles. The summed E-state index contributed by atoms with van der Waals surface area (Å²) >= 11 is 0. The predicted molar refractivity (Wildman–Crippen MR) is 134 cm³/mol. The largest absolute Gasteiger partial charge is 0.495 e. The quantitative estimate of drug-likeness (QED) is 0.394. The number of aryl methyl sites for hydroxylation is 1. The van der Waals surface area contributed by atoms with E-state index in [1.165, 1.54) is 25.3 Å². The fourth-order valence-corrected chi connectivity index (χ4v) is 4.38. The molecule has 3 aromatic rings. The number of nitrogens with one attached hydrogen (secondary N) is 3. The molecule has 0 heterocycles. The molecule has 0 saturated heterocycles. The number of rotatable bonds is 10. The van der Waals surface area contributed by atoms with Crippen molar-refractivity contribution in [1.29, 1.82) is 0 Å². The first-order valence-electron chi connectivity index (χ1n) is 10.8. The lowest BCUT2D eigenvalue weighted by Gasteiger charge is -2.13. The molecule has 0 unspecified atom stereocenters. The fraction of sp³-hybridized carbons (Fsp3) is 0.200. The second kappa shape index (κ2) is 11.4. The van der Waals surface area contributed by atoms with Gasteiger partial charge in [0.1, 0.15) is 16.4 Å². The van der Waals surface area contributed by atoms with E-state index in [-0.39, 0.29) is 22.8 Å². The molecular weight excluding hydrogens is 470 g/mol. The van der Waals surface area contributed by atoms with Gasteiger partial charge in [-0.1, -0.05) is 17.7 Å². The summed E-state index contributed by atoms with van der Waals surface area (Å²) in [7, 11) is -2.71. The van der Waals surface area contributed by atoms with Gasteiger partial charge in [0, 0.05) is 16.9 Å². The molecular formula is C25H27N3O6S. The van der Waals surface area contributed by atoms with Crippen LogP contribution in [-0.4, -0.2) is 40.5 Å². The van der Waals surface area contributed by atoms with Crippen molar-refractivity contribution in [2.24, 2.45) is 0 Å². The first-order chi connectivity index (χ1) is 16.7. The van der Waals surface area contributed by atoms with Crippen molar-refractivity contribution in [2.45, 2.75) is 18.7 Å². The van der Waals surface area contributed by atoms with E-state index in [9.17, 15) is 18.0 Å². The van der Waals surface area contributed by atoms with E-state index in [1.54, 1.807) is 48.5 Å². The van der Waals surface area contributed by atoms with Crippen molar-refractivity contribution in [1.82, 2.24) is 5.32 Å². The molecule has 35 heavy (non-hydrogen) atoms. The van der Waals surface area contributed by atoms with Gasteiger partial charge in [0.05, 0.1) is 20.3 Å². The summed E-state index contributed by atoms with van der Waals surface area (Å²) in [6.07, 6.45) is 0. The van der Waals surface area contributed by atoms with Crippen LogP contribution in [0.5, 0.6) is 11.5 Å². The number of carbonyl (C=O) groups is 2. The average Bonchev–Trinajstić information content (AvgIpc) is 2.85. The van der Waals surface area contributed by atoms with Crippen molar-refractivity contribution in [3.63, 3.8) is 0 Å². The normalized spacial score (nSPS) is 10.8. The second-order valence-corrected chi connectivity index (χ2v) is 9.18. The van der Waals surface area contributed by atoms with Crippen LogP contribution in [0, 0.1) is 6.92 Å². The van der Waals surface area contributed by atoms with Crippen molar-refractivity contribution >= 4 is 33.2 Å². The van der Waals surface area contributed by atoms with Crippen LogP contribution in [0.15, 0.2) is 71.6 Å². The summed E-state index contributed by atoms with van der Waals surface area (Å²) in [5.74, 6) is -0.290. The van der Waals surface area contributed by atoms with Crippen LogP contribution in [0.4, 0.5) is 11.4 Å². The third-order valence-electron chi connectivity index (χ3n) is 4.88. The maximum Gasteiger partial charge on any atom is 0.265 e. The Bertz CT molecular complexity index is 1290. The molecule has 0 fully saturated rings. The van der Waals surface area contributed by atoms with Crippen LogP contribution in [0.25, 0.3) is 0 Å². The van der Waals surface area contributed by atoms with Crippen LogP contribution in [0.2, 0.25) is 0 Å². The third-order valence-corrected chi connectivity index (χ3v) is 6.28. The minimum atomic E-state index is -4.05. The Balaban J connectivity index is 1.68. The van der Waals surface area contributed by atoms with Crippen LogP contribution < -0.4 is 24.8 Å². The van der Waals surface area contributed by atoms with E-state index in [1.807, 2.05) is 13.8 Å². The number of amides is 2. The summed E-state index contributed by atoms with van der Waals surface area (Å²) in [5.41, 5.74) is 1.96. The molecule has 0 atom stereocenters. The van der Waals surface area contributed by atoms with Gasteiger partial charge < -0.3 is 20.1 Å². The number of benzene rings is 3. The number of carbonyl (C=O) groups excluding carboxylic acids is 2. The highest BCUT2D eigenvalue weighted by molar-refractivity contribution is 7.92. The number of anilines is 2. The van der Waals surface area contributed by atoms with Crippen molar-refractivity contribution in [3.8, 4) is 11.5 Å². The highest BCUT2D eigenvalue weighted by atomic mass is 32.2. The molecule has 0 radical (unpaired) electrons. The van der Waals surface area contributed by atoms with Crippen LogP contribution >= 0.6 is 0 Å². The molecule has 0 aliphatic heterocycles. The molecule has 0 aromatic heterocycles. The van der Waals surface area contributed by atoms with Crippen molar-refractivity contribution < 1.29 is 27.5 Å². The zero-order valence-electron chi connectivity index (χ0n) is 19.6. The van der Waals surface area contributed by atoms with E-state index < -0.39 is 21.8 Å². The Hall–Kier alpha value is -4.05. The molecule has 0 bridgehead atoms. The van der Waals surface area contributed by atoms with Crippen molar-refractivity contribution in [3.05, 3.63) is 77.9 Å². The molecule has 0 spiro atoms. The van der Waals surface area contributed by atoms with E-state index >= 15 is 0 Å². The summed E-state index contributed by atoms with van der Waals surface area (Å²) in [5, 5.41) is 5.16. The monoisotopic (exact) mass is 497 g/mol. The Morgan fingerprint density at radius 1 is 0.914 bits per heavy atom. The Morgan fingerprint density at radius 3 is 2.20 bits per heavy atom. The molecule has 0 aliphatic carbocycles. The molecule has 9 nitrogen and oxygen atoms in total. The molecule has 2 amide bonds. The van der Waals surface area contributed by atoms with Gasteiger partial charge >= 0.3 is 0 Å². The zero-order valence-corrected chi connectivity index (χ0v) is 20.4. The summed E-state index contributed by atoms with van der Waals surface area (Å²) in [6, 6.07) is 17.7. The fourth-order valence-electron chi connectivity index (χ4n) is 3.13. The van der Waals surface area contributed by atoms with Crippen LogP contribution in [0.1, 0.15) is 22.8 Å². The van der Waals surface area contributed by atoms with Crippen LogP contribution in [-0.2, 0) is 14.8 Å². The van der Waals surface area contributed by atoms with Gasteiger partial charge in [-0.05, 0) is 68.4 Å². The van der Waals surface area contributed by atoms with Gasteiger partial charge in [-0.15, -0.1) is 0 Å². The standard InChI is InChI=1S/C25H27N3O6S/c1-4-34-21-12-10-19(11-13-21)27-24(29)16-26-25(30)18-7-14-22(33-3)23(15-18)35(31,32)28-20-8-5-17(2)6-9-20/h5-15,28H,4,16H2,1-3H3,(H,26,30)(H,27,29). The smallest absolute Gasteiger partial charge is 0.265 e. The SMILES string of the molecule is CCOc1ccc(NC(=O)CNC(=O)c2ccc(OC)c(S(=O)(=O)Nc3ccc(C)cc3)c2)cc1. The molecule has 3 rings (SSSR count). The first-order valence-corrected chi connectivity index (χ1v) is 12.3. The average molecular weight is 498 g/mol. The minimum Gasteiger partial charge on any atom is -0.495 e. The van der Waals surface area contributed by atoms with Gasteiger partial charge in [-0.3, -0.25) is 14.3 Å². The van der Waals surface area contributed by atoms with E-state index in [0.717, 1.165) is 5.56 Å². The lowest BCUT2D eigenvalue weighted by molar-refractivity contribution is -0.115. The lowest BCUT2D eigenvalue weighted by atomic mass is 10.2. The van der Waals surface area contributed by atoms with Gasteiger partial charge in [0.25, 0.3) is 15.9 Å². The third kappa shape index (κ3) is 6.97. The summed E-state index contributed by atoms with van der Waals surface area (Å²) < 4.78 is 39.0. The number of sulfonamides is 1. The second-order valence-electron chi connectivity index (χ2n) is 7.53. The maximum absolute atomic E-state index is 13.0. The summed E-state index contributed by atoms with van der Waals surface area (Å²) in [4.78, 5) is 24.7. The highest BCUT2D eigenvalue weighted by Crippen LogP contribution is 2.27. The van der Waals surface area contributed by atoms with E-state index in [2.05, 4.69) is 15.4 Å². The molecule has 0 aliphatic rings. The van der Waals surface area contributed by atoms with Gasteiger partial charge in [0.2, 0.25) is 5.91 Å². The molecule has 3 N–H and O–H groups in total. The number of ether oxygens (including phenoxy) is 2. The molecule has 0 saturated carbocycles. The predicted octanol–water partition coefficient (Wildman–Crippen LogP) is 3.57. The van der Waals surface area contributed by atoms with E-state index in [0.29, 0.717) is 23.7 Å². The van der Waals surface area contributed by atoms with Gasteiger partial charge in [0.15, 0.2) is 0 Å². The first kappa shape index (κ1) is 25.6. The number of hydrogen-bond donors (Lipinski definition) is 3. The van der Waals surface area contributed by atoms with Gasteiger partial charge in [-0.25, -0.2) is 8.42 Å². The van der Waals surface area contributed by atoms with E-state index in [4.69, 9.17) is 9.47 Å². The summed E-state index contributed by atoms with van der Waals surface area (Å²) in [6.45, 7) is 4.00. The Labute approximate surface area is 204 Å². The Kier molecular flexibility index (Phi) is 8.32.